The van der Waals surface area contributed by atoms with Crippen LogP contribution in [0.2, 0.25) is 10.0 Å². The van der Waals surface area contributed by atoms with Gasteiger partial charge in [-0.05, 0) is 29.2 Å². The second-order valence-electron chi connectivity index (χ2n) is 5.39. The van der Waals surface area contributed by atoms with Gasteiger partial charge in [-0.3, -0.25) is 0 Å². The average Bonchev–Trinajstić information content (AvgIpc) is 2.80. The highest BCUT2D eigenvalue weighted by atomic mass is 35.5. The molecular weight excluding hydrogens is 301 g/mol. The first-order valence-corrected chi connectivity index (χ1v) is 7.37. The van der Waals surface area contributed by atoms with Gasteiger partial charge in [-0.2, -0.15) is 0 Å². The Hall–Kier alpha value is -0.680. The van der Waals surface area contributed by atoms with Gasteiger partial charge in [0.05, 0.1) is 26.7 Å². The van der Waals surface area contributed by atoms with Crippen LogP contribution in [-0.4, -0.2) is 9.59 Å². The van der Waals surface area contributed by atoms with Crippen LogP contribution < -0.4 is 5.73 Å². The highest BCUT2D eigenvalue weighted by Crippen LogP contribution is 2.34. The molecule has 0 bridgehead atoms. The molecule has 0 aliphatic carbocycles. The fourth-order valence-electron chi connectivity index (χ4n) is 1.78. The van der Waals surface area contributed by atoms with E-state index in [0.717, 1.165) is 16.1 Å². The summed E-state index contributed by atoms with van der Waals surface area (Å²) in [6.45, 7) is 6.28. The number of nitrogens with zero attached hydrogens (tertiary/aromatic N) is 2. The second kappa shape index (κ2) is 5.37. The molecule has 102 valence electrons. The number of rotatable bonds is 2. The Morgan fingerprint density at radius 3 is 2.47 bits per heavy atom. The SMILES string of the molecule is CC(C)(C)c1nnsc1C(N)c1ccc(Cl)c(Cl)c1. The maximum absolute atomic E-state index is 6.31. The van der Waals surface area contributed by atoms with E-state index in [1.165, 1.54) is 11.5 Å². The lowest BCUT2D eigenvalue weighted by Gasteiger charge is -2.19. The van der Waals surface area contributed by atoms with Gasteiger partial charge in [0.2, 0.25) is 0 Å². The Balaban J connectivity index is 2.42. The topological polar surface area (TPSA) is 51.8 Å². The maximum Gasteiger partial charge on any atom is 0.0860 e. The smallest absolute Gasteiger partial charge is 0.0860 e. The molecule has 2 aromatic rings. The van der Waals surface area contributed by atoms with Gasteiger partial charge in [0.25, 0.3) is 0 Å². The van der Waals surface area contributed by atoms with E-state index in [-0.39, 0.29) is 11.5 Å². The van der Waals surface area contributed by atoms with E-state index in [2.05, 4.69) is 30.4 Å². The zero-order valence-corrected chi connectivity index (χ0v) is 13.3. The van der Waals surface area contributed by atoms with E-state index in [4.69, 9.17) is 28.9 Å². The molecule has 6 heteroatoms. The van der Waals surface area contributed by atoms with Gasteiger partial charge in [0, 0.05) is 5.41 Å². The van der Waals surface area contributed by atoms with Crippen LogP contribution in [0.5, 0.6) is 0 Å². The quantitative estimate of drug-likeness (QED) is 0.904. The fraction of sp³-hybridized carbons (Fsp3) is 0.385. The van der Waals surface area contributed by atoms with E-state index in [1.807, 2.05) is 6.07 Å². The van der Waals surface area contributed by atoms with Crippen molar-refractivity contribution in [2.45, 2.75) is 32.2 Å². The van der Waals surface area contributed by atoms with E-state index >= 15 is 0 Å². The molecule has 0 radical (unpaired) electrons. The van der Waals surface area contributed by atoms with Gasteiger partial charge in [0.1, 0.15) is 0 Å². The molecule has 0 amide bonds. The Labute approximate surface area is 126 Å². The third kappa shape index (κ3) is 3.08. The van der Waals surface area contributed by atoms with E-state index in [9.17, 15) is 0 Å². The third-order valence-corrected chi connectivity index (χ3v) is 4.36. The Kier molecular flexibility index (Phi) is 4.16. The normalized spacial score (nSPS) is 13.6. The Morgan fingerprint density at radius 1 is 1.21 bits per heavy atom. The molecule has 1 aromatic carbocycles. The van der Waals surface area contributed by atoms with Gasteiger partial charge in [0.15, 0.2) is 0 Å². The van der Waals surface area contributed by atoms with Crippen LogP contribution in [0.4, 0.5) is 0 Å². The third-order valence-electron chi connectivity index (χ3n) is 2.81. The molecule has 19 heavy (non-hydrogen) atoms. The minimum absolute atomic E-state index is 0.0871. The van der Waals surface area contributed by atoms with Crippen LogP contribution in [0.15, 0.2) is 18.2 Å². The molecular formula is C13H15Cl2N3S. The summed E-state index contributed by atoms with van der Waals surface area (Å²) in [5.41, 5.74) is 8.05. The number of benzene rings is 1. The Bertz CT molecular complexity index is 590. The molecule has 1 unspecified atom stereocenters. The highest BCUT2D eigenvalue weighted by molar-refractivity contribution is 7.05. The molecule has 0 saturated carbocycles. The zero-order valence-electron chi connectivity index (χ0n) is 10.9. The predicted octanol–water partition coefficient (Wildman–Crippen LogP) is 4.19. The standard InChI is InChI=1S/C13H15Cl2N3S/c1-13(2,3)12-11(19-18-17-12)10(16)7-4-5-8(14)9(15)6-7/h4-6,10H,16H2,1-3H3. The molecule has 2 N–H and O–H groups in total. The van der Waals surface area contributed by atoms with Crippen LogP contribution in [0.1, 0.15) is 42.9 Å². The number of aromatic nitrogens is 2. The first-order valence-electron chi connectivity index (χ1n) is 5.84. The minimum Gasteiger partial charge on any atom is -0.319 e. The number of halogens is 2. The van der Waals surface area contributed by atoms with Crippen molar-refractivity contribution in [1.29, 1.82) is 0 Å². The number of nitrogens with two attached hydrogens (primary N) is 1. The molecule has 0 spiro atoms. The summed E-state index contributed by atoms with van der Waals surface area (Å²) >= 11 is 13.3. The minimum atomic E-state index is -0.288. The lowest BCUT2D eigenvalue weighted by Crippen LogP contribution is -2.19. The number of hydrogen-bond acceptors (Lipinski definition) is 4. The zero-order chi connectivity index (χ0) is 14.2. The van der Waals surface area contributed by atoms with Gasteiger partial charge >= 0.3 is 0 Å². The maximum atomic E-state index is 6.31. The van der Waals surface area contributed by atoms with Crippen molar-refractivity contribution in [3.8, 4) is 0 Å². The van der Waals surface area contributed by atoms with Crippen molar-refractivity contribution < 1.29 is 0 Å². The largest absolute Gasteiger partial charge is 0.319 e. The summed E-state index contributed by atoms with van der Waals surface area (Å²) in [7, 11) is 0. The fourth-order valence-corrected chi connectivity index (χ4v) is 2.98. The summed E-state index contributed by atoms with van der Waals surface area (Å²) < 4.78 is 4.03. The summed E-state index contributed by atoms with van der Waals surface area (Å²) in [6, 6.07) is 5.14. The molecule has 0 fully saturated rings. The van der Waals surface area contributed by atoms with Gasteiger partial charge in [-0.25, -0.2) is 0 Å². The molecule has 1 atom stereocenters. The Morgan fingerprint density at radius 2 is 1.89 bits per heavy atom. The second-order valence-corrected chi connectivity index (χ2v) is 6.99. The van der Waals surface area contributed by atoms with Crippen molar-refractivity contribution in [3.63, 3.8) is 0 Å². The van der Waals surface area contributed by atoms with Crippen molar-refractivity contribution in [2.75, 3.05) is 0 Å². The first kappa shape index (κ1) is 14.7. The van der Waals surface area contributed by atoms with Crippen LogP contribution in [0, 0.1) is 0 Å². The first-order chi connectivity index (χ1) is 8.80. The van der Waals surface area contributed by atoms with E-state index < -0.39 is 0 Å². The van der Waals surface area contributed by atoms with Crippen LogP contribution in [0.3, 0.4) is 0 Å². The average molecular weight is 316 g/mol. The van der Waals surface area contributed by atoms with Crippen LogP contribution in [0.25, 0.3) is 0 Å². The summed E-state index contributed by atoms with van der Waals surface area (Å²) in [5.74, 6) is 0. The predicted molar refractivity (Wildman–Crippen MR) is 81.1 cm³/mol. The van der Waals surface area contributed by atoms with Gasteiger partial charge < -0.3 is 5.73 Å². The van der Waals surface area contributed by atoms with Gasteiger partial charge in [-0.1, -0.05) is 54.5 Å². The van der Waals surface area contributed by atoms with Crippen LogP contribution in [-0.2, 0) is 5.41 Å². The lowest BCUT2D eigenvalue weighted by molar-refractivity contribution is 0.556. The van der Waals surface area contributed by atoms with Crippen LogP contribution >= 0.6 is 34.7 Å². The van der Waals surface area contributed by atoms with Crippen molar-refractivity contribution in [1.82, 2.24) is 9.59 Å². The molecule has 1 heterocycles. The monoisotopic (exact) mass is 315 g/mol. The lowest BCUT2D eigenvalue weighted by atomic mass is 9.89. The molecule has 0 aliphatic rings. The molecule has 0 saturated heterocycles. The molecule has 2 rings (SSSR count). The van der Waals surface area contributed by atoms with Crippen molar-refractivity contribution in [2.24, 2.45) is 5.73 Å². The van der Waals surface area contributed by atoms with E-state index in [0.29, 0.717) is 10.0 Å². The summed E-state index contributed by atoms with van der Waals surface area (Å²) in [6.07, 6.45) is 0. The highest BCUT2D eigenvalue weighted by Gasteiger charge is 2.26. The molecule has 0 aliphatic heterocycles. The molecule has 1 aromatic heterocycles. The van der Waals surface area contributed by atoms with E-state index in [1.54, 1.807) is 12.1 Å². The summed E-state index contributed by atoms with van der Waals surface area (Å²) in [4.78, 5) is 0.964. The molecule has 3 nitrogen and oxygen atoms in total. The van der Waals surface area contributed by atoms with Gasteiger partial charge in [-0.15, -0.1) is 5.10 Å². The summed E-state index contributed by atoms with van der Waals surface area (Å²) in [5, 5.41) is 5.23. The number of hydrogen-bond donors (Lipinski definition) is 1. The van der Waals surface area contributed by atoms with Crippen molar-refractivity contribution >= 4 is 34.7 Å². The van der Waals surface area contributed by atoms with Crippen molar-refractivity contribution in [3.05, 3.63) is 44.4 Å².